The smallest absolute Gasteiger partial charge is 0.227 e. The first-order valence-corrected chi connectivity index (χ1v) is 8.84. The second-order valence-corrected chi connectivity index (χ2v) is 6.93. The summed E-state index contributed by atoms with van der Waals surface area (Å²) >= 11 is 0. The molecule has 0 radical (unpaired) electrons. The molecule has 1 unspecified atom stereocenters. The van der Waals surface area contributed by atoms with Crippen LogP contribution in [-0.4, -0.2) is 42.0 Å². The fraction of sp³-hybridized carbons (Fsp3) is 0.474. The molecule has 1 aliphatic rings. The molecule has 2 aromatic rings. The Bertz CT molecular complexity index is 803. The quantitative estimate of drug-likeness (QED) is 0.804. The van der Waals surface area contributed by atoms with Crippen LogP contribution in [0.2, 0.25) is 0 Å². The first kappa shape index (κ1) is 19.4. The van der Waals surface area contributed by atoms with E-state index in [4.69, 9.17) is 9.26 Å². The number of amides is 1. The van der Waals surface area contributed by atoms with E-state index >= 15 is 0 Å². The summed E-state index contributed by atoms with van der Waals surface area (Å²) in [5.41, 5.74) is -0.376. The lowest BCUT2D eigenvalue weighted by Gasteiger charge is -2.35. The first-order chi connectivity index (χ1) is 12.9. The molecule has 1 aromatic carbocycles. The summed E-state index contributed by atoms with van der Waals surface area (Å²) < 4.78 is 37.8. The van der Waals surface area contributed by atoms with Gasteiger partial charge in [-0.3, -0.25) is 4.79 Å². The van der Waals surface area contributed by atoms with Crippen LogP contribution in [0.15, 0.2) is 28.8 Å². The Kier molecular flexibility index (Phi) is 5.86. The van der Waals surface area contributed by atoms with E-state index in [0.29, 0.717) is 31.8 Å². The number of aliphatic hydroxyl groups excluding tert-OH is 1. The predicted molar refractivity (Wildman–Crippen MR) is 92.7 cm³/mol. The fourth-order valence-corrected chi connectivity index (χ4v) is 3.22. The molecule has 0 bridgehead atoms. The molecule has 0 spiro atoms. The van der Waals surface area contributed by atoms with E-state index in [1.165, 1.54) is 6.07 Å². The van der Waals surface area contributed by atoms with Gasteiger partial charge in [0.1, 0.15) is 23.1 Å². The van der Waals surface area contributed by atoms with E-state index in [1.54, 1.807) is 13.0 Å². The van der Waals surface area contributed by atoms with Gasteiger partial charge in [0.2, 0.25) is 5.91 Å². The molecule has 3 rings (SSSR count). The van der Waals surface area contributed by atoms with Crippen LogP contribution in [0.4, 0.5) is 8.78 Å². The Morgan fingerprint density at radius 3 is 2.74 bits per heavy atom. The van der Waals surface area contributed by atoms with E-state index in [9.17, 15) is 18.7 Å². The number of halogens is 2. The van der Waals surface area contributed by atoms with Crippen molar-refractivity contribution < 1.29 is 27.9 Å². The summed E-state index contributed by atoms with van der Waals surface area (Å²) in [6, 6.07) is 4.43. The van der Waals surface area contributed by atoms with E-state index < -0.39 is 17.0 Å². The number of hydrogen-bond donors (Lipinski definition) is 2. The number of carbonyl (C=O) groups is 1. The molecule has 1 fully saturated rings. The Hall–Kier alpha value is -2.32. The highest BCUT2D eigenvalue weighted by molar-refractivity contribution is 5.83. The zero-order valence-electron chi connectivity index (χ0n) is 15.0. The zero-order chi connectivity index (χ0) is 19.4. The molecule has 0 saturated carbocycles. The molecule has 1 amide bonds. The summed E-state index contributed by atoms with van der Waals surface area (Å²) in [5, 5.41) is 15.9. The lowest BCUT2D eigenvalue weighted by Crippen LogP contribution is -2.49. The van der Waals surface area contributed by atoms with Crippen LogP contribution in [0.5, 0.6) is 0 Å². The van der Waals surface area contributed by atoms with Crippen LogP contribution < -0.4 is 5.32 Å². The third-order valence-corrected chi connectivity index (χ3v) is 4.86. The van der Waals surface area contributed by atoms with Crippen LogP contribution in [0.3, 0.4) is 0 Å². The normalized spacial score (nSPS) is 17.5. The minimum absolute atomic E-state index is 0.130. The van der Waals surface area contributed by atoms with Crippen molar-refractivity contribution >= 4 is 5.91 Å². The number of aliphatic hydroxyl groups is 1. The van der Waals surface area contributed by atoms with Gasteiger partial charge in [0.05, 0.1) is 12.0 Å². The highest BCUT2D eigenvalue weighted by atomic mass is 19.1. The number of ether oxygens (including phenoxy) is 1. The Labute approximate surface area is 155 Å². The predicted octanol–water partition coefficient (Wildman–Crippen LogP) is 2.46. The van der Waals surface area contributed by atoms with Crippen molar-refractivity contribution in [1.29, 1.82) is 0 Å². The maximum Gasteiger partial charge on any atom is 0.227 e. The van der Waals surface area contributed by atoms with Crippen LogP contribution in [0.25, 0.3) is 11.3 Å². The van der Waals surface area contributed by atoms with Crippen molar-refractivity contribution in [2.24, 2.45) is 5.41 Å². The Morgan fingerprint density at radius 2 is 2.07 bits per heavy atom. The van der Waals surface area contributed by atoms with Gasteiger partial charge in [-0.15, -0.1) is 0 Å². The molecule has 1 saturated heterocycles. The van der Waals surface area contributed by atoms with Crippen molar-refractivity contribution in [2.45, 2.75) is 32.2 Å². The van der Waals surface area contributed by atoms with E-state index in [0.717, 1.165) is 12.1 Å². The molecule has 1 aromatic heterocycles. The molecule has 2 heterocycles. The van der Waals surface area contributed by atoms with Crippen molar-refractivity contribution in [3.05, 3.63) is 41.7 Å². The van der Waals surface area contributed by atoms with Gasteiger partial charge in [0, 0.05) is 43.4 Å². The monoisotopic (exact) mass is 380 g/mol. The molecular weight excluding hydrogens is 358 g/mol. The molecule has 0 aliphatic carbocycles. The largest absolute Gasteiger partial charge is 0.394 e. The first-order valence-electron chi connectivity index (χ1n) is 8.84. The lowest BCUT2D eigenvalue weighted by molar-refractivity contribution is -0.138. The number of nitrogens with one attached hydrogen (secondary N) is 1. The SMILES string of the molecule is CC(CO)NC(=O)C1(Cc2cc(-c3ccc(F)cc3F)no2)CCOCC1. The van der Waals surface area contributed by atoms with Crippen molar-refractivity contribution in [2.75, 3.05) is 19.8 Å². The number of carbonyl (C=O) groups excluding carboxylic acids is 1. The van der Waals surface area contributed by atoms with Crippen LogP contribution in [-0.2, 0) is 16.0 Å². The molecule has 1 atom stereocenters. The molecule has 6 nitrogen and oxygen atoms in total. The van der Waals surface area contributed by atoms with Gasteiger partial charge in [-0.05, 0) is 31.9 Å². The summed E-state index contributed by atoms with van der Waals surface area (Å²) in [4.78, 5) is 12.8. The van der Waals surface area contributed by atoms with E-state index in [2.05, 4.69) is 10.5 Å². The van der Waals surface area contributed by atoms with Crippen molar-refractivity contribution in [1.82, 2.24) is 10.5 Å². The van der Waals surface area contributed by atoms with Crippen molar-refractivity contribution in [3.63, 3.8) is 0 Å². The van der Waals surface area contributed by atoms with Crippen LogP contribution >= 0.6 is 0 Å². The molecule has 27 heavy (non-hydrogen) atoms. The van der Waals surface area contributed by atoms with Gasteiger partial charge in [-0.1, -0.05) is 5.16 Å². The number of nitrogens with zero attached hydrogens (tertiary/aromatic N) is 1. The Balaban J connectivity index is 1.82. The van der Waals surface area contributed by atoms with E-state index in [1.807, 2.05) is 0 Å². The van der Waals surface area contributed by atoms with Gasteiger partial charge < -0.3 is 19.7 Å². The molecule has 1 aliphatic heterocycles. The minimum Gasteiger partial charge on any atom is -0.394 e. The van der Waals surface area contributed by atoms with Crippen molar-refractivity contribution in [3.8, 4) is 11.3 Å². The van der Waals surface area contributed by atoms with Crippen LogP contribution in [0, 0.1) is 17.0 Å². The Morgan fingerprint density at radius 1 is 1.33 bits per heavy atom. The molecule has 146 valence electrons. The average Bonchev–Trinajstić information content (AvgIpc) is 3.10. The van der Waals surface area contributed by atoms with E-state index in [-0.39, 0.29) is 36.2 Å². The number of rotatable bonds is 6. The number of benzene rings is 1. The topological polar surface area (TPSA) is 84.6 Å². The van der Waals surface area contributed by atoms with Crippen LogP contribution in [0.1, 0.15) is 25.5 Å². The highest BCUT2D eigenvalue weighted by Crippen LogP contribution is 2.36. The maximum absolute atomic E-state index is 14.0. The molecular formula is C19H22F2N2O4. The second kappa shape index (κ2) is 8.14. The summed E-state index contributed by atoms with van der Waals surface area (Å²) in [6.45, 7) is 2.44. The number of aromatic nitrogens is 1. The second-order valence-electron chi connectivity index (χ2n) is 6.93. The fourth-order valence-electron chi connectivity index (χ4n) is 3.22. The molecule has 2 N–H and O–H groups in total. The lowest BCUT2D eigenvalue weighted by atomic mass is 9.75. The van der Waals surface area contributed by atoms with Gasteiger partial charge in [0.25, 0.3) is 0 Å². The standard InChI is InChI=1S/C19H22F2N2O4/c1-12(11-24)22-18(25)19(4-6-26-7-5-19)10-14-9-17(23-27-14)15-3-2-13(20)8-16(15)21/h2-3,8-9,12,24H,4-7,10-11H2,1H3,(H,22,25). The minimum atomic E-state index is -0.750. The van der Waals surface area contributed by atoms with Gasteiger partial charge in [-0.25, -0.2) is 8.78 Å². The van der Waals surface area contributed by atoms with Gasteiger partial charge >= 0.3 is 0 Å². The average molecular weight is 380 g/mol. The third kappa shape index (κ3) is 4.33. The van der Waals surface area contributed by atoms with Gasteiger partial charge in [0.15, 0.2) is 0 Å². The third-order valence-electron chi connectivity index (χ3n) is 4.86. The summed E-state index contributed by atoms with van der Waals surface area (Å²) in [6.07, 6.45) is 1.27. The maximum atomic E-state index is 14.0. The van der Waals surface area contributed by atoms with Gasteiger partial charge in [-0.2, -0.15) is 0 Å². The zero-order valence-corrected chi connectivity index (χ0v) is 15.0. The summed E-state index contributed by atoms with van der Waals surface area (Å²) in [5.74, 6) is -1.15. The number of hydrogen-bond acceptors (Lipinski definition) is 5. The highest BCUT2D eigenvalue weighted by Gasteiger charge is 2.41. The summed E-state index contributed by atoms with van der Waals surface area (Å²) in [7, 11) is 0. The molecule has 8 heteroatoms.